The van der Waals surface area contributed by atoms with E-state index in [-0.39, 0.29) is 0 Å². The zero-order chi connectivity index (χ0) is 9.54. The Hall–Kier alpha value is -0.410. The highest BCUT2D eigenvalue weighted by Gasteiger charge is 2.39. The van der Waals surface area contributed by atoms with Crippen molar-refractivity contribution in [3.63, 3.8) is 0 Å². The topological polar surface area (TPSA) is 24.9 Å². The van der Waals surface area contributed by atoms with Crippen LogP contribution >= 0.6 is 15.9 Å². The summed E-state index contributed by atoms with van der Waals surface area (Å²) in [5.74, 6) is 0.703. The van der Waals surface area contributed by atoms with Crippen molar-refractivity contribution in [2.24, 2.45) is 0 Å². The molecular weight excluding hydrogens is 240 g/mol. The van der Waals surface area contributed by atoms with Gasteiger partial charge >= 0.3 is 0 Å². The third kappa shape index (κ3) is 1.39. The number of fused-ring (bicyclic) bond motifs is 2. The van der Waals surface area contributed by atoms with Crippen molar-refractivity contribution in [1.82, 2.24) is 10.3 Å². The van der Waals surface area contributed by atoms with E-state index in [1.165, 1.54) is 24.8 Å². The summed E-state index contributed by atoms with van der Waals surface area (Å²) in [6.07, 6.45) is 6.02. The Balaban J connectivity index is 1.86. The van der Waals surface area contributed by atoms with Gasteiger partial charge in [0.1, 0.15) is 4.60 Å². The van der Waals surface area contributed by atoms with Crippen molar-refractivity contribution >= 4 is 15.9 Å². The minimum Gasteiger partial charge on any atom is -0.311 e. The second-order valence-corrected chi connectivity index (χ2v) is 5.12. The molecule has 0 amide bonds. The molecule has 0 radical (unpaired) electrons. The third-order valence-corrected chi connectivity index (χ3v) is 3.95. The number of hydrogen-bond acceptors (Lipinski definition) is 2. The normalized spacial score (nSPS) is 35.1. The largest absolute Gasteiger partial charge is 0.311 e. The first-order chi connectivity index (χ1) is 6.83. The first kappa shape index (κ1) is 8.86. The predicted octanol–water partition coefficient (Wildman–Crippen LogP) is 2.45. The number of rotatable bonds is 1. The predicted molar refractivity (Wildman–Crippen MR) is 59.2 cm³/mol. The van der Waals surface area contributed by atoms with Gasteiger partial charge in [-0.25, -0.2) is 4.98 Å². The molecule has 2 bridgehead atoms. The van der Waals surface area contributed by atoms with Crippen molar-refractivity contribution in [1.29, 1.82) is 0 Å². The molecule has 0 aliphatic carbocycles. The van der Waals surface area contributed by atoms with E-state index in [1.54, 1.807) is 0 Å². The molecule has 0 saturated carbocycles. The van der Waals surface area contributed by atoms with Crippen LogP contribution in [0.5, 0.6) is 0 Å². The van der Waals surface area contributed by atoms with Crippen molar-refractivity contribution in [2.45, 2.75) is 37.3 Å². The summed E-state index contributed by atoms with van der Waals surface area (Å²) in [7, 11) is 0. The molecule has 1 N–H and O–H groups in total. The van der Waals surface area contributed by atoms with Gasteiger partial charge in [-0.1, -0.05) is 6.07 Å². The van der Waals surface area contributed by atoms with E-state index >= 15 is 0 Å². The Morgan fingerprint density at radius 2 is 2.29 bits per heavy atom. The summed E-state index contributed by atoms with van der Waals surface area (Å²) in [6, 6.07) is 5.72. The van der Waals surface area contributed by atoms with E-state index in [2.05, 4.69) is 32.3 Å². The van der Waals surface area contributed by atoms with Crippen LogP contribution in [0.25, 0.3) is 0 Å². The summed E-state index contributed by atoms with van der Waals surface area (Å²) in [6.45, 7) is 0. The number of pyridine rings is 1. The van der Waals surface area contributed by atoms with Crippen molar-refractivity contribution < 1.29 is 0 Å². The lowest BCUT2D eigenvalue weighted by molar-refractivity contribution is 0.505. The van der Waals surface area contributed by atoms with Gasteiger partial charge in [0.15, 0.2) is 0 Å². The van der Waals surface area contributed by atoms with Gasteiger partial charge in [0.05, 0.1) is 0 Å². The zero-order valence-corrected chi connectivity index (χ0v) is 9.50. The van der Waals surface area contributed by atoms with Crippen molar-refractivity contribution in [2.75, 3.05) is 0 Å². The lowest BCUT2D eigenvalue weighted by Crippen LogP contribution is -2.21. The summed E-state index contributed by atoms with van der Waals surface area (Å²) < 4.78 is 0.928. The van der Waals surface area contributed by atoms with Gasteiger partial charge in [0.25, 0.3) is 0 Å². The number of halogens is 1. The fourth-order valence-corrected chi connectivity index (χ4v) is 3.03. The fraction of sp³-hybridized carbons (Fsp3) is 0.545. The van der Waals surface area contributed by atoms with Gasteiger partial charge in [-0.15, -0.1) is 0 Å². The van der Waals surface area contributed by atoms with Crippen LogP contribution in [0.1, 0.15) is 30.7 Å². The van der Waals surface area contributed by atoms with Gasteiger partial charge < -0.3 is 5.32 Å². The molecule has 0 spiro atoms. The van der Waals surface area contributed by atoms with E-state index in [4.69, 9.17) is 0 Å². The molecule has 0 unspecified atom stereocenters. The van der Waals surface area contributed by atoms with Crippen molar-refractivity contribution in [3.05, 3.63) is 28.5 Å². The standard InChI is InChI=1S/C11H13BrN2/c12-11-4-1-7(6-13-11)9-5-8-2-3-10(9)14-8/h1,4,6,8-10,14H,2-3,5H2/t8-,9+,10+/m0/s1. The van der Waals surface area contributed by atoms with E-state index in [9.17, 15) is 0 Å². The highest BCUT2D eigenvalue weighted by molar-refractivity contribution is 9.10. The molecular formula is C11H13BrN2. The van der Waals surface area contributed by atoms with E-state index in [0.717, 1.165) is 10.6 Å². The van der Waals surface area contributed by atoms with Crippen LogP contribution in [0.4, 0.5) is 0 Å². The molecule has 14 heavy (non-hydrogen) atoms. The molecule has 2 nitrogen and oxygen atoms in total. The van der Waals surface area contributed by atoms with Crippen molar-refractivity contribution in [3.8, 4) is 0 Å². The molecule has 1 aromatic rings. The van der Waals surface area contributed by atoms with E-state index in [1.807, 2.05) is 12.3 Å². The second-order valence-electron chi connectivity index (χ2n) is 4.30. The van der Waals surface area contributed by atoms with Crippen LogP contribution in [0.15, 0.2) is 22.9 Å². The summed E-state index contributed by atoms with van der Waals surface area (Å²) in [4.78, 5) is 4.30. The number of nitrogens with zero attached hydrogens (tertiary/aromatic N) is 1. The minimum atomic E-state index is 0.703. The zero-order valence-electron chi connectivity index (χ0n) is 7.91. The van der Waals surface area contributed by atoms with Gasteiger partial charge in [0.2, 0.25) is 0 Å². The van der Waals surface area contributed by atoms with E-state index in [0.29, 0.717) is 12.0 Å². The number of aromatic nitrogens is 1. The van der Waals surface area contributed by atoms with Crippen LogP contribution in [0.2, 0.25) is 0 Å². The Kier molecular flexibility index (Phi) is 2.10. The van der Waals surface area contributed by atoms with Crippen LogP contribution < -0.4 is 5.32 Å². The molecule has 2 aliphatic rings. The molecule has 3 atom stereocenters. The average molecular weight is 253 g/mol. The Morgan fingerprint density at radius 3 is 2.86 bits per heavy atom. The van der Waals surface area contributed by atoms with E-state index < -0.39 is 0 Å². The molecule has 3 rings (SSSR count). The van der Waals surface area contributed by atoms with Crippen LogP contribution in [-0.2, 0) is 0 Å². The molecule has 3 heterocycles. The molecule has 0 aromatic carbocycles. The fourth-order valence-electron chi connectivity index (χ4n) is 2.80. The number of hydrogen-bond donors (Lipinski definition) is 1. The van der Waals surface area contributed by atoms with Crippen LogP contribution in [-0.4, -0.2) is 17.1 Å². The molecule has 3 heteroatoms. The maximum atomic E-state index is 4.30. The van der Waals surface area contributed by atoms with Gasteiger partial charge in [-0.3, -0.25) is 0 Å². The lowest BCUT2D eigenvalue weighted by atomic mass is 9.85. The maximum absolute atomic E-state index is 4.30. The maximum Gasteiger partial charge on any atom is 0.106 e. The lowest BCUT2D eigenvalue weighted by Gasteiger charge is -2.19. The summed E-state index contributed by atoms with van der Waals surface area (Å²) in [5, 5.41) is 3.65. The van der Waals surface area contributed by atoms with Crippen LogP contribution in [0.3, 0.4) is 0 Å². The molecule has 2 aliphatic heterocycles. The summed E-state index contributed by atoms with van der Waals surface area (Å²) in [5.41, 5.74) is 1.40. The highest BCUT2D eigenvalue weighted by atomic mass is 79.9. The van der Waals surface area contributed by atoms with Crippen LogP contribution in [0, 0.1) is 0 Å². The number of nitrogens with one attached hydrogen (secondary N) is 1. The van der Waals surface area contributed by atoms with Gasteiger partial charge in [0, 0.05) is 24.2 Å². The third-order valence-electron chi connectivity index (χ3n) is 3.48. The quantitative estimate of drug-likeness (QED) is 0.777. The smallest absolute Gasteiger partial charge is 0.106 e. The molecule has 1 aromatic heterocycles. The molecule has 74 valence electrons. The second kappa shape index (κ2) is 3.31. The average Bonchev–Trinajstić information content (AvgIpc) is 2.80. The molecule has 2 fully saturated rings. The highest BCUT2D eigenvalue weighted by Crippen LogP contribution is 2.39. The molecule has 2 saturated heterocycles. The summed E-state index contributed by atoms with van der Waals surface area (Å²) >= 11 is 3.37. The first-order valence-corrected chi connectivity index (χ1v) is 6.00. The van der Waals surface area contributed by atoms with Gasteiger partial charge in [-0.05, 0) is 46.8 Å². The monoisotopic (exact) mass is 252 g/mol. The van der Waals surface area contributed by atoms with Gasteiger partial charge in [-0.2, -0.15) is 0 Å². The Bertz CT molecular complexity index is 336. The first-order valence-electron chi connectivity index (χ1n) is 5.20. The minimum absolute atomic E-state index is 0.703. The Labute approximate surface area is 92.2 Å². The Morgan fingerprint density at radius 1 is 1.36 bits per heavy atom. The SMILES string of the molecule is Brc1ccc([C@H]2C[C@@H]3CC[C@H]2N3)cn1.